The Balaban J connectivity index is 1.67. The number of hydrogen-bond donors (Lipinski definition) is 0. The van der Waals surface area contributed by atoms with Crippen LogP contribution in [-0.2, 0) is 16.0 Å². The van der Waals surface area contributed by atoms with Crippen molar-refractivity contribution in [3.63, 3.8) is 0 Å². The van der Waals surface area contributed by atoms with Crippen molar-refractivity contribution in [2.45, 2.75) is 26.3 Å². The summed E-state index contributed by atoms with van der Waals surface area (Å²) in [5.41, 5.74) is 5.84. The molecule has 6 nitrogen and oxygen atoms in total. The summed E-state index contributed by atoms with van der Waals surface area (Å²) in [4.78, 5) is 30.6. The second-order valence-corrected chi connectivity index (χ2v) is 7.78. The largest absolute Gasteiger partial charge is 0.383 e. The molecule has 0 atom stereocenters. The third-order valence-electron chi connectivity index (χ3n) is 5.43. The molecule has 1 amide bonds. The molecule has 0 saturated carbocycles. The highest BCUT2D eigenvalue weighted by molar-refractivity contribution is 6.02. The first-order chi connectivity index (χ1) is 14.5. The highest BCUT2D eigenvalue weighted by Gasteiger charge is 2.27. The smallest absolute Gasteiger partial charge is 0.250 e. The number of benzene rings is 1. The van der Waals surface area contributed by atoms with Crippen LogP contribution in [-0.4, -0.2) is 35.7 Å². The van der Waals surface area contributed by atoms with Crippen molar-refractivity contribution in [1.82, 2.24) is 9.55 Å². The number of nitrogens with zero attached hydrogens (tertiary/aromatic N) is 3. The molecule has 6 heteroatoms. The molecule has 0 bridgehead atoms. The first-order valence-corrected chi connectivity index (χ1v) is 10.1. The molecule has 1 aromatic carbocycles. The van der Waals surface area contributed by atoms with Crippen LogP contribution in [0.25, 0.3) is 22.3 Å². The lowest BCUT2D eigenvalue weighted by molar-refractivity contribution is -0.117. The molecule has 4 rings (SSSR count). The second-order valence-electron chi connectivity index (χ2n) is 7.78. The number of carbonyl (C=O) groups excluding carboxylic acids is 1. The number of anilines is 1. The Morgan fingerprint density at radius 1 is 1.00 bits per heavy atom. The molecule has 3 heterocycles. The van der Waals surface area contributed by atoms with Crippen LogP contribution in [0.15, 0.2) is 59.8 Å². The normalized spacial score (nSPS) is 13.2. The van der Waals surface area contributed by atoms with Crippen LogP contribution in [0.4, 0.5) is 5.69 Å². The van der Waals surface area contributed by atoms with Gasteiger partial charge in [0, 0.05) is 61.2 Å². The van der Waals surface area contributed by atoms with Gasteiger partial charge in [-0.2, -0.15) is 0 Å². The van der Waals surface area contributed by atoms with E-state index in [9.17, 15) is 9.59 Å². The number of fused-ring (bicyclic) bond motifs is 1. The molecule has 2 aromatic heterocycles. The third kappa shape index (κ3) is 3.78. The number of aromatic nitrogens is 2. The Labute approximate surface area is 175 Å². The monoisotopic (exact) mass is 403 g/mol. The summed E-state index contributed by atoms with van der Waals surface area (Å²) in [6.45, 7) is 5.05. The zero-order chi connectivity index (χ0) is 21.3. The first kappa shape index (κ1) is 20.0. The molecule has 0 fully saturated rings. The van der Waals surface area contributed by atoms with Crippen molar-refractivity contribution in [2.75, 3.05) is 25.2 Å². The molecule has 154 valence electrons. The Morgan fingerprint density at radius 3 is 2.47 bits per heavy atom. The van der Waals surface area contributed by atoms with Crippen LogP contribution in [0, 0.1) is 0 Å². The lowest BCUT2D eigenvalue weighted by Gasteiger charge is -2.17. The summed E-state index contributed by atoms with van der Waals surface area (Å²) in [6, 6.07) is 11.7. The zero-order valence-corrected chi connectivity index (χ0v) is 17.5. The molecule has 3 aromatic rings. The van der Waals surface area contributed by atoms with Crippen molar-refractivity contribution in [2.24, 2.45) is 0 Å². The van der Waals surface area contributed by atoms with Crippen molar-refractivity contribution in [3.8, 4) is 22.3 Å². The quantitative estimate of drug-likeness (QED) is 0.630. The van der Waals surface area contributed by atoms with Gasteiger partial charge in [0.25, 0.3) is 5.56 Å². The molecule has 30 heavy (non-hydrogen) atoms. The predicted molar refractivity (Wildman–Crippen MR) is 118 cm³/mol. The van der Waals surface area contributed by atoms with E-state index >= 15 is 0 Å². The van der Waals surface area contributed by atoms with Gasteiger partial charge in [-0.15, -0.1) is 0 Å². The maximum atomic E-state index is 12.4. The Bertz CT molecular complexity index is 1150. The van der Waals surface area contributed by atoms with Crippen LogP contribution in [0.5, 0.6) is 0 Å². The standard InChI is InChI=1S/C24H25N3O3/c1-16(2)27-15-18(5-7-23(27)28)21-11-20(13-25-14-21)17-4-6-22-19(10-17)12-24(29)26(22)8-9-30-3/h4-7,10-11,13-16H,8-9,12H2,1-3H3. The van der Waals surface area contributed by atoms with E-state index in [4.69, 9.17) is 4.74 Å². The van der Waals surface area contributed by atoms with E-state index < -0.39 is 0 Å². The van der Waals surface area contributed by atoms with Crippen LogP contribution >= 0.6 is 0 Å². The van der Waals surface area contributed by atoms with Crippen LogP contribution in [0.2, 0.25) is 0 Å². The van der Waals surface area contributed by atoms with E-state index in [2.05, 4.69) is 17.1 Å². The average molecular weight is 403 g/mol. The summed E-state index contributed by atoms with van der Waals surface area (Å²) >= 11 is 0. The number of carbonyl (C=O) groups is 1. The minimum absolute atomic E-state index is 0.0146. The Morgan fingerprint density at radius 2 is 1.73 bits per heavy atom. The fourth-order valence-corrected chi connectivity index (χ4v) is 3.82. The maximum Gasteiger partial charge on any atom is 0.250 e. The molecule has 0 radical (unpaired) electrons. The number of rotatable bonds is 6. The van der Waals surface area contributed by atoms with Gasteiger partial charge in [0.1, 0.15) is 0 Å². The molecule has 0 spiro atoms. The van der Waals surface area contributed by atoms with Crippen LogP contribution in [0.1, 0.15) is 25.5 Å². The van der Waals surface area contributed by atoms with Gasteiger partial charge in [-0.3, -0.25) is 14.6 Å². The number of amides is 1. The molecule has 0 N–H and O–H groups in total. The first-order valence-electron chi connectivity index (χ1n) is 10.1. The topological polar surface area (TPSA) is 64.4 Å². The van der Waals surface area contributed by atoms with Gasteiger partial charge in [-0.05, 0) is 54.8 Å². The van der Waals surface area contributed by atoms with Gasteiger partial charge in [0.05, 0.1) is 13.0 Å². The van der Waals surface area contributed by atoms with Gasteiger partial charge < -0.3 is 14.2 Å². The van der Waals surface area contributed by atoms with E-state index in [0.717, 1.165) is 33.5 Å². The van der Waals surface area contributed by atoms with E-state index in [-0.39, 0.29) is 17.5 Å². The van der Waals surface area contributed by atoms with Crippen molar-refractivity contribution >= 4 is 11.6 Å². The van der Waals surface area contributed by atoms with Gasteiger partial charge in [-0.1, -0.05) is 6.07 Å². The van der Waals surface area contributed by atoms with Gasteiger partial charge >= 0.3 is 0 Å². The molecular weight excluding hydrogens is 378 g/mol. The van der Waals surface area contributed by atoms with Crippen molar-refractivity contribution < 1.29 is 9.53 Å². The molecule has 1 aliphatic rings. The number of ether oxygens (including phenoxy) is 1. The highest BCUT2D eigenvalue weighted by Crippen LogP contribution is 2.33. The van der Waals surface area contributed by atoms with E-state index in [1.54, 1.807) is 28.8 Å². The summed E-state index contributed by atoms with van der Waals surface area (Å²) < 4.78 is 6.84. The predicted octanol–water partition coefficient (Wildman–Crippen LogP) is 3.69. The SMILES string of the molecule is COCCN1C(=O)Cc2cc(-c3cncc(-c4ccc(=O)n(C(C)C)c4)c3)ccc21. The minimum Gasteiger partial charge on any atom is -0.383 e. The summed E-state index contributed by atoms with van der Waals surface area (Å²) in [7, 11) is 1.64. The minimum atomic E-state index is -0.0146. The fourth-order valence-electron chi connectivity index (χ4n) is 3.82. The zero-order valence-electron chi connectivity index (χ0n) is 17.5. The lowest BCUT2D eigenvalue weighted by Crippen LogP contribution is -2.30. The van der Waals surface area contributed by atoms with E-state index in [1.807, 2.05) is 44.4 Å². The number of hydrogen-bond acceptors (Lipinski definition) is 4. The fraction of sp³-hybridized carbons (Fsp3) is 0.292. The average Bonchev–Trinajstić information content (AvgIpc) is 3.06. The van der Waals surface area contributed by atoms with E-state index in [0.29, 0.717) is 19.6 Å². The van der Waals surface area contributed by atoms with Crippen molar-refractivity contribution in [3.05, 3.63) is 70.9 Å². The summed E-state index contributed by atoms with van der Waals surface area (Å²) in [5, 5.41) is 0. The maximum absolute atomic E-state index is 12.4. The van der Waals surface area contributed by atoms with Crippen LogP contribution < -0.4 is 10.5 Å². The second kappa shape index (κ2) is 8.24. The number of methoxy groups -OCH3 is 1. The Kier molecular flexibility index (Phi) is 5.50. The summed E-state index contributed by atoms with van der Waals surface area (Å²) in [5.74, 6) is 0.0991. The molecular formula is C24H25N3O3. The van der Waals surface area contributed by atoms with Crippen LogP contribution in [0.3, 0.4) is 0 Å². The van der Waals surface area contributed by atoms with E-state index in [1.165, 1.54) is 0 Å². The molecule has 1 aliphatic heterocycles. The molecule has 0 saturated heterocycles. The van der Waals surface area contributed by atoms with Crippen molar-refractivity contribution in [1.29, 1.82) is 0 Å². The van der Waals surface area contributed by atoms with Gasteiger partial charge in [-0.25, -0.2) is 0 Å². The van der Waals surface area contributed by atoms with Gasteiger partial charge in [0.15, 0.2) is 0 Å². The Hall–Kier alpha value is -3.25. The molecule has 0 unspecified atom stereocenters. The third-order valence-corrected chi connectivity index (χ3v) is 5.43. The highest BCUT2D eigenvalue weighted by atomic mass is 16.5. The molecule has 0 aliphatic carbocycles. The van der Waals surface area contributed by atoms with Gasteiger partial charge in [0.2, 0.25) is 5.91 Å². The number of pyridine rings is 2. The lowest BCUT2D eigenvalue weighted by atomic mass is 10.00. The summed E-state index contributed by atoms with van der Waals surface area (Å²) in [6.07, 6.45) is 5.91.